The average molecular weight is 237 g/mol. The van der Waals surface area contributed by atoms with E-state index in [1.165, 1.54) is 11.1 Å². The fourth-order valence-corrected chi connectivity index (χ4v) is 1.67. The van der Waals surface area contributed by atoms with E-state index in [2.05, 4.69) is 41.4 Å². The third-order valence-corrected chi connectivity index (χ3v) is 2.56. The van der Waals surface area contributed by atoms with Crippen molar-refractivity contribution in [1.82, 2.24) is 10.2 Å². The van der Waals surface area contributed by atoms with E-state index in [-0.39, 0.29) is 5.88 Å². The molecule has 1 heterocycles. The standard InChI is InChI=1S/C12H13ClN2O/c1-9-3-2-4-10(7-9)5-6-11-14-15-12(8-13)16-11/h2-4,7H,5-6,8H2,1H3. The van der Waals surface area contributed by atoms with Gasteiger partial charge in [-0.2, -0.15) is 0 Å². The predicted octanol–water partition coefficient (Wildman–Crippen LogP) is 2.90. The van der Waals surface area contributed by atoms with Crippen LogP contribution in [-0.2, 0) is 18.7 Å². The Bertz CT molecular complexity index is 468. The molecule has 0 N–H and O–H groups in total. The topological polar surface area (TPSA) is 38.9 Å². The highest BCUT2D eigenvalue weighted by Gasteiger charge is 2.04. The largest absolute Gasteiger partial charge is 0.424 e. The number of nitrogens with zero attached hydrogens (tertiary/aromatic N) is 2. The van der Waals surface area contributed by atoms with Gasteiger partial charge in [0.1, 0.15) is 5.88 Å². The molecule has 1 aromatic heterocycles. The van der Waals surface area contributed by atoms with Gasteiger partial charge in [0.2, 0.25) is 11.8 Å². The van der Waals surface area contributed by atoms with E-state index in [1.807, 2.05) is 0 Å². The van der Waals surface area contributed by atoms with E-state index in [0.717, 1.165) is 12.8 Å². The highest BCUT2D eigenvalue weighted by atomic mass is 35.5. The van der Waals surface area contributed by atoms with Crippen molar-refractivity contribution in [3.05, 3.63) is 47.2 Å². The molecular weight excluding hydrogens is 224 g/mol. The number of alkyl halides is 1. The summed E-state index contributed by atoms with van der Waals surface area (Å²) >= 11 is 5.58. The molecule has 84 valence electrons. The third-order valence-electron chi connectivity index (χ3n) is 2.33. The van der Waals surface area contributed by atoms with Gasteiger partial charge in [0.05, 0.1) is 0 Å². The first-order valence-corrected chi connectivity index (χ1v) is 5.74. The molecule has 0 fully saturated rings. The van der Waals surface area contributed by atoms with E-state index < -0.39 is 0 Å². The average Bonchev–Trinajstić information content (AvgIpc) is 2.74. The first-order chi connectivity index (χ1) is 7.78. The summed E-state index contributed by atoms with van der Waals surface area (Å²) in [5.74, 6) is 1.41. The fourth-order valence-electron chi connectivity index (χ4n) is 1.56. The monoisotopic (exact) mass is 236 g/mol. The molecule has 0 unspecified atom stereocenters. The van der Waals surface area contributed by atoms with Crippen LogP contribution >= 0.6 is 11.6 Å². The molecule has 0 atom stereocenters. The molecule has 2 rings (SSSR count). The van der Waals surface area contributed by atoms with Gasteiger partial charge in [-0.05, 0) is 18.9 Å². The number of hydrogen-bond donors (Lipinski definition) is 0. The van der Waals surface area contributed by atoms with Crippen molar-refractivity contribution in [3.63, 3.8) is 0 Å². The number of hydrogen-bond acceptors (Lipinski definition) is 3. The van der Waals surface area contributed by atoms with Gasteiger partial charge in [0, 0.05) is 6.42 Å². The van der Waals surface area contributed by atoms with Gasteiger partial charge in [0.15, 0.2) is 0 Å². The van der Waals surface area contributed by atoms with Crippen molar-refractivity contribution < 1.29 is 4.42 Å². The van der Waals surface area contributed by atoms with Crippen molar-refractivity contribution in [2.24, 2.45) is 0 Å². The van der Waals surface area contributed by atoms with Crippen LogP contribution in [0.5, 0.6) is 0 Å². The summed E-state index contributed by atoms with van der Waals surface area (Å²) in [6, 6.07) is 8.41. The zero-order valence-corrected chi connectivity index (χ0v) is 9.87. The lowest BCUT2D eigenvalue weighted by molar-refractivity contribution is 0.463. The maximum Gasteiger partial charge on any atom is 0.231 e. The molecule has 0 saturated carbocycles. The summed E-state index contributed by atoms with van der Waals surface area (Å²) in [7, 11) is 0. The highest BCUT2D eigenvalue weighted by molar-refractivity contribution is 6.16. The second kappa shape index (κ2) is 5.12. The number of rotatable bonds is 4. The van der Waals surface area contributed by atoms with Gasteiger partial charge >= 0.3 is 0 Å². The minimum atomic E-state index is 0.275. The first kappa shape index (κ1) is 11.1. The van der Waals surface area contributed by atoms with Crippen molar-refractivity contribution in [1.29, 1.82) is 0 Å². The van der Waals surface area contributed by atoms with Crippen molar-refractivity contribution in [2.45, 2.75) is 25.6 Å². The molecule has 0 amide bonds. The summed E-state index contributed by atoms with van der Waals surface area (Å²) < 4.78 is 5.33. The molecule has 0 spiro atoms. The second-order valence-corrected chi connectivity index (χ2v) is 3.98. The Balaban J connectivity index is 1.96. The van der Waals surface area contributed by atoms with Crippen LogP contribution in [0.3, 0.4) is 0 Å². The quantitative estimate of drug-likeness (QED) is 0.767. The van der Waals surface area contributed by atoms with Crippen LogP contribution in [0.2, 0.25) is 0 Å². The first-order valence-electron chi connectivity index (χ1n) is 5.20. The van der Waals surface area contributed by atoms with E-state index in [0.29, 0.717) is 11.8 Å². The molecular formula is C12H13ClN2O. The van der Waals surface area contributed by atoms with Crippen LogP contribution in [0.15, 0.2) is 28.7 Å². The number of aryl methyl sites for hydroxylation is 3. The molecule has 16 heavy (non-hydrogen) atoms. The SMILES string of the molecule is Cc1cccc(CCc2nnc(CCl)o2)c1. The number of halogens is 1. The predicted molar refractivity (Wildman–Crippen MR) is 62.4 cm³/mol. The maximum absolute atomic E-state index is 5.58. The Morgan fingerprint density at radius 3 is 2.69 bits per heavy atom. The lowest BCUT2D eigenvalue weighted by atomic mass is 10.1. The second-order valence-electron chi connectivity index (χ2n) is 3.71. The summed E-state index contributed by atoms with van der Waals surface area (Å²) in [6.07, 6.45) is 1.67. The Labute approximate surface area is 99.5 Å². The van der Waals surface area contributed by atoms with Gasteiger partial charge in [-0.1, -0.05) is 29.8 Å². The zero-order chi connectivity index (χ0) is 11.4. The summed E-state index contributed by atoms with van der Waals surface area (Å²) in [4.78, 5) is 0. The van der Waals surface area contributed by atoms with Crippen LogP contribution in [0.1, 0.15) is 22.9 Å². The normalized spacial score (nSPS) is 10.6. The summed E-state index contributed by atoms with van der Waals surface area (Å²) in [6.45, 7) is 2.09. The fraction of sp³-hybridized carbons (Fsp3) is 0.333. The van der Waals surface area contributed by atoms with Gasteiger partial charge in [-0.3, -0.25) is 0 Å². The van der Waals surface area contributed by atoms with Gasteiger partial charge in [0.25, 0.3) is 0 Å². The molecule has 0 aliphatic heterocycles. The smallest absolute Gasteiger partial charge is 0.231 e. The summed E-state index contributed by atoms with van der Waals surface area (Å²) in [5, 5.41) is 7.74. The van der Waals surface area contributed by atoms with Gasteiger partial charge < -0.3 is 4.42 Å². The Morgan fingerprint density at radius 2 is 2.00 bits per heavy atom. The van der Waals surface area contributed by atoms with E-state index in [4.69, 9.17) is 16.0 Å². The zero-order valence-electron chi connectivity index (χ0n) is 9.11. The van der Waals surface area contributed by atoms with Crippen LogP contribution in [0.25, 0.3) is 0 Å². The molecule has 1 aromatic carbocycles. The van der Waals surface area contributed by atoms with Crippen LogP contribution < -0.4 is 0 Å². The lowest BCUT2D eigenvalue weighted by Crippen LogP contribution is -1.92. The Kier molecular flexibility index (Phi) is 3.57. The Hall–Kier alpha value is -1.35. The van der Waals surface area contributed by atoms with Crippen LogP contribution in [-0.4, -0.2) is 10.2 Å². The number of aromatic nitrogens is 2. The van der Waals surface area contributed by atoms with Crippen LogP contribution in [0, 0.1) is 6.92 Å². The van der Waals surface area contributed by atoms with Gasteiger partial charge in [-0.15, -0.1) is 21.8 Å². The Morgan fingerprint density at radius 1 is 1.19 bits per heavy atom. The molecule has 3 nitrogen and oxygen atoms in total. The minimum Gasteiger partial charge on any atom is -0.424 e. The molecule has 0 aliphatic carbocycles. The van der Waals surface area contributed by atoms with E-state index in [9.17, 15) is 0 Å². The molecule has 4 heteroatoms. The van der Waals surface area contributed by atoms with Crippen molar-refractivity contribution >= 4 is 11.6 Å². The minimum absolute atomic E-state index is 0.275. The maximum atomic E-state index is 5.58. The lowest BCUT2D eigenvalue weighted by Gasteiger charge is -1.99. The van der Waals surface area contributed by atoms with Crippen molar-refractivity contribution in [3.8, 4) is 0 Å². The molecule has 0 radical (unpaired) electrons. The molecule has 0 aliphatic rings. The molecule has 0 saturated heterocycles. The van der Waals surface area contributed by atoms with E-state index in [1.54, 1.807) is 0 Å². The van der Waals surface area contributed by atoms with Crippen molar-refractivity contribution in [2.75, 3.05) is 0 Å². The molecule has 0 bridgehead atoms. The van der Waals surface area contributed by atoms with E-state index >= 15 is 0 Å². The molecule has 2 aromatic rings. The van der Waals surface area contributed by atoms with Gasteiger partial charge in [-0.25, -0.2) is 0 Å². The number of benzene rings is 1. The summed E-state index contributed by atoms with van der Waals surface area (Å²) in [5.41, 5.74) is 2.55. The third kappa shape index (κ3) is 2.83. The van der Waals surface area contributed by atoms with Crippen LogP contribution in [0.4, 0.5) is 0 Å². The highest BCUT2D eigenvalue weighted by Crippen LogP contribution is 2.09.